The van der Waals surface area contributed by atoms with Crippen LogP contribution in [0.1, 0.15) is 19.3 Å². The topological polar surface area (TPSA) is 84.1 Å². The lowest BCUT2D eigenvalue weighted by molar-refractivity contribution is 0.115. The Morgan fingerprint density at radius 2 is 2.04 bits per heavy atom. The number of aliphatic hydroxyl groups excluding tert-OH is 1. The van der Waals surface area contributed by atoms with E-state index >= 15 is 0 Å². The van der Waals surface area contributed by atoms with Gasteiger partial charge in [0.05, 0.1) is 6.10 Å². The van der Waals surface area contributed by atoms with Gasteiger partial charge in [-0.05, 0) is 37.5 Å². The highest BCUT2D eigenvalue weighted by Crippen LogP contribution is 2.30. The Bertz CT molecular complexity index is 703. The van der Waals surface area contributed by atoms with Gasteiger partial charge in [-0.25, -0.2) is 14.4 Å². The van der Waals surface area contributed by atoms with E-state index in [2.05, 4.69) is 15.3 Å². The van der Waals surface area contributed by atoms with Crippen molar-refractivity contribution >= 4 is 29.3 Å². The molecule has 1 heterocycles. The van der Waals surface area contributed by atoms with Gasteiger partial charge in [0.25, 0.3) is 0 Å². The van der Waals surface area contributed by atoms with Crippen LogP contribution in [0.15, 0.2) is 40.4 Å². The summed E-state index contributed by atoms with van der Waals surface area (Å²) in [4.78, 5) is 9.71. The molecule has 0 radical (unpaired) electrons. The number of nitrogens with zero attached hydrogens (tertiary/aromatic N) is 2. The predicted octanol–water partition coefficient (Wildman–Crippen LogP) is 3.07. The Labute approximate surface area is 148 Å². The summed E-state index contributed by atoms with van der Waals surface area (Å²) in [6.45, 7) is 0. The zero-order chi connectivity index (χ0) is 17.1. The van der Waals surface area contributed by atoms with E-state index in [-0.39, 0.29) is 24.0 Å². The van der Waals surface area contributed by atoms with Crippen LogP contribution in [-0.2, 0) is 0 Å². The van der Waals surface area contributed by atoms with Crippen LogP contribution in [0, 0.1) is 5.82 Å². The lowest BCUT2D eigenvalue weighted by atomic mass is 9.89. The van der Waals surface area contributed by atoms with E-state index in [1.54, 1.807) is 24.5 Å². The van der Waals surface area contributed by atoms with Gasteiger partial charge in [0.1, 0.15) is 5.82 Å². The summed E-state index contributed by atoms with van der Waals surface area (Å²) in [6.07, 6.45) is 5.01. The summed E-state index contributed by atoms with van der Waals surface area (Å²) >= 11 is 6.98. The maximum absolute atomic E-state index is 13.8. The van der Waals surface area contributed by atoms with E-state index < -0.39 is 0 Å². The summed E-state index contributed by atoms with van der Waals surface area (Å²) in [5, 5.41) is 13.2. The Morgan fingerprint density at radius 1 is 1.29 bits per heavy atom. The maximum Gasteiger partial charge on any atom is 0.222 e. The van der Waals surface area contributed by atoms with Gasteiger partial charge in [-0.15, -0.1) is 0 Å². The first kappa shape index (κ1) is 17.4. The third-order valence-electron chi connectivity index (χ3n) is 3.94. The Morgan fingerprint density at radius 3 is 2.71 bits per heavy atom. The fraction of sp³-hybridized carbons (Fsp3) is 0.375. The van der Waals surface area contributed by atoms with E-state index in [4.69, 9.17) is 17.3 Å². The first-order chi connectivity index (χ1) is 11.5. The van der Waals surface area contributed by atoms with Crippen molar-refractivity contribution in [1.82, 2.24) is 9.97 Å². The van der Waals surface area contributed by atoms with Crippen LogP contribution in [-0.4, -0.2) is 33.3 Å². The van der Waals surface area contributed by atoms with E-state index in [1.807, 2.05) is 0 Å². The predicted molar refractivity (Wildman–Crippen MR) is 92.8 cm³/mol. The zero-order valence-corrected chi connectivity index (χ0v) is 14.4. The number of aromatic nitrogens is 2. The molecule has 5 nitrogen and oxygen atoms in total. The van der Waals surface area contributed by atoms with E-state index in [1.165, 1.54) is 17.8 Å². The van der Waals surface area contributed by atoms with Gasteiger partial charge >= 0.3 is 0 Å². The molecule has 3 unspecified atom stereocenters. The molecule has 1 aliphatic rings. The second-order valence-electron chi connectivity index (χ2n) is 5.80. The van der Waals surface area contributed by atoms with Crippen LogP contribution >= 0.6 is 23.4 Å². The van der Waals surface area contributed by atoms with E-state index in [9.17, 15) is 9.50 Å². The van der Waals surface area contributed by atoms with Crippen molar-refractivity contribution in [2.24, 2.45) is 5.73 Å². The van der Waals surface area contributed by atoms with Crippen LogP contribution < -0.4 is 11.1 Å². The number of hydrogen-bond acceptors (Lipinski definition) is 6. The van der Waals surface area contributed by atoms with Crippen molar-refractivity contribution in [3.63, 3.8) is 0 Å². The number of nitrogens with one attached hydrogen (secondary N) is 1. The second kappa shape index (κ2) is 7.65. The van der Waals surface area contributed by atoms with Crippen LogP contribution in [0.2, 0.25) is 5.02 Å². The number of halogens is 2. The molecule has 3 atom stereocenters. The molecule has 0 bridgehead atoms. The van der Waals surface area contributed by atoms with Gasteiger partial charge in [-0.2, -0.15) is 0 Å². The van der Waals surface area contributed by atoms with Crippen LogP contribution in [0.4, 0.5) is 10.3 Å². The summed E-state index contributed by atoms with van der Waals surface area (Å²) in [5.74, 6) is 0.106. The largest absolute Gasteiger partial charge is 0.393 e. The lowest BCUT2D eigenvalue weighted by Gasteiger charge is -2.32. The van der Waals surface area contributed by atoms with Gasteiger partial charge < -0.3 is 16.2 Å². The first-order valence-corrected chi connectivity index (χ1v) is 8.86. The third-order valence-corrected chi connectivity index (χ3v) is 5.17. The molecule has 0 spiro atoms. The number of benzene rings is 1. The molecule has 0 amide bonds. The number of anilines is 1. The van der Waals surface area contributed by atoms with Crippen molar-refractivity contribution in [1.29, 1.82) is 0 Å². The molecule has 4 N–H and O–H groups in total. The highest BCUT2D eigenvalue weighted by molar-refractivity contribution is 7.99. The molecule has 2 aromatic rings. The average Bonchev–Trinajstić information content (AvgIpc) is 2.54. The van der Waals surface area contributed by atoms with Crippen LogP contribution in [0.3, 0.4) is 0 Å². The average molecular weight is 369 g/mol. The van der Waals surface area contributed by atoms with Crippen molar-refractivity contribution < 1.29 is 9.50 Å². The van der Waals surface area contributed by atoms with Crippen LogP contribution in [0.25, 0.3) is 0 Å². The molecular formula is C16H18ClFN4OS. The molecule has 8 heteroatoms. The van der Waals surface area contributed by atoms with Gasteiger partial charge in [-0.3, -0.25) is 0 Å². The van der Waals surface area contributed by atoms with Gasteiger partial charge in [0.2, 0.25) is 5.95 Å². The van der Waals surface area contributed by atoms with Gasteiger partial charge in [-0.1, -0.05) is 23.4 Å². The third kappa shape index (κ3) is 4.36. The molecule has 1 aliphatic carbocycles. The molecular weight excluding hydrogens is 351 g/mol. The summed E-state index contributed by atoms with van der Waals surface area (Å²) in [7, 11) is 0. The van der Waals surface area contributed by atoms with Crippen molar-refractivity contribution in [3.8, 4) is 0 Å². The zero-order valence-electron chi connectivity index (χ0n) is 12.8. The fourth-order valence-electron chi connectivity index (χ4n) is 2.66. The van der Waals surface area contributed by atoms with Gasteiger partial charge in [0.15, 0.2) is 0 Å². The molecule has 3 rings (SSSR count). The van der Waals surface area contributed by atoms with E-state index in [0.717, 1.165) is 17.7 Å². The lowest BCUT2D eigenvalue weighted by Crippen LogP contribution is -2.46. The normalized spacial score (nSPS) is 23.9. The van der Waals surface area contributed by atoms with Gasteiger partial charge in [0, 0.05) is 39.3 Å². The maximum atomic E-state index is 13.8. The molecule has 0 saturated heterocycles. The first-order valence-electron chi connectivity index (χ1n) is 7.66. The minimum absolute atomic E-state index is 0.0422. The number of rotatable bonds is 4. The molecule has 1 aromatic carbocycles. The summed E-state index contributed by atoms with van der Waals surface area (Å²) in [5.41, 5.74) is 6.04. The highest BCUT2D eigenvalue weighted by Gasteiger charge is 2.27. The van der Waals surface area contributed by atoms with Crippen molar-refractivity contribution in [2.75, 3.05) is 5.32 Å². The molecule has 1 saturated carbocycles. The quantitative estimate of drug-likeness (QED) is 0.769. The van der Waals surface area contributed by atoms with E-state index in [0.29, 0.717) is 22.3 Å². The van der Waals surface area contributed by atoms with Crippen LogP contribution in [0.5, 0.6) is 0 Å². The monoisotopic (exact) mass is 368 g/mol. The smallest absolute Gasteiger partial charge is 0.222 e. The highest BCUT2D eigenvalue weighted by atomic mass is 35.5. The summed E-state index contributed by atoms with van der Waals surface area (Å²) in [6, 6.07) is 4.46. The second-order valence-corrected chi connectivity index (χ2v) is 7.35. The molecule has 1 fully saturated rings. The van der Waals surface area contributed by atoms with Crippen molar-refractivity contribution in [2.45, 2.75) is 47.2 Å². The number of aliphatic hydroxyl groups is 1. The standard InChI is InChI=1S/C16H18ClFN4OS/c17-9-1-4-15(12(18)5-9)24-11-7-20-16(21-8-11)22-14-3-2-10(23)6-13(14)19/h1,4-5,7-8,10,13-14,23H,2-3,6,19H2,(H,20,21,22). The molecule has 128 valence electrons. The van der Waals surface area contributed by atoms with Crippen molar-refractivity contribution in [3.05, 3.63) is 41.4 Å². The minimum Gasteiger partial charge on any atom is -0.393 e. The Hall–Kier alpha value is -1.41. The summed E-state index contributed by atoms with van der Waals surface area (Å²) < 4.78 is 13.8. The molecule has 1 aromatic heterocycles. The Kier molecular flexibility index (Phi) is 5.55. The molecule has 0 aliphatic heterocycles. The SMILES string of the molecule is NC1CC(O)CCC1Nc1ncc(Sc2ccc(Cl)cc2F)cn1. The Balaban J connectivity index is 1.63. The number of hydrogen-bond donors (Lipinski definition) is 3. The minimum atomic E-state index is -0.374. The fourth-order valence-corrected chi connectivity index (χ4v) is 3.57. The molecule has 24 heavy (non-hydrogen) atoms. The number of nitrogens with two attached hydrogens (primary N) is 1.